The molecule has 2 rings (SSSR count). The molecule has 0 unspecified atom stereocenters. The van der Waals surface area contributed by atoms with Crippen LogP contribution in [0.25, 0.3) is 17.3 Å². The fraction of sp³-hybridized carbons (Fsp3) is 0. The van der Waals surface area contributed by atoms with Gasteiger partial charge in [-0.25, -0.2) is 14.2 Å². The van der Waals surface area contributed by atoms with Gasteiger partial charge >= 0.3 is 5.97 Å². The van der Waals surface area contributed by atoms with Crippen LogP contribution in [0.15, 0.2) is 30.8 Å². The van der Waals surface area contributed by atoms with E-state index < -0.39 is 11.8 Å². The molecular formula is C16H11FN2O2. The number of nitrogens with two attached hydrogens (primary N) is 1. The van der Waals surface area contributed by atoms with Crippen LogP contribution in [0.4, 0.5) is 10.1 Å². The smallest absolute Gasteiger partial charge is 0.355 e. The number of anilines is 1. The highest BCUT2D eigenvalue weighted by Gasteiger charge is 2.21. The number of carbonyl (C=O) groups is 1. The van der Waals surface area contributed by atoms with Crippen molar-refractivity contribution in [2.24, 2.45) is 0 Å². The first-order valence-electron chi connectivity index (χ1n) is 5.91. The third-order valence-corrected chi connectivity index (χ3v) is 2.94. The van der Waals surface area contributed by atoms with Gasteiger partial charge in [-0.05, 0) is 12.1 Å². The fourth-order valence-corrected chi connectivity index (χ4v) is 1.88. The second-order valence-corrected chi connectivity index (χ2v) is 4.18. The van der Waals surface area contributed by atoms with Gasteiger partial charge in [0.25, 0.3) is 0 Å². The zero-order valence-corrected chi connectivity index (χ0v) is 10.9. The molecule has 5 heteroatoms. The highest BCUT2D eigenvalue weighted by Crippen LogP contribution is 2.29. The zero-order chi connectivity index (χ0) is 15.6. The van der Waals surface area contributed by atoms with Crippen LogP contribution in [-0.4, -0.2) is 16.1 Å². The molecule has 104 valence electrons. The molecule has 0 saturated heterocycles. The quantitative estimate of drug-likeness (QED) is 0.849. The molecule has 21 heavy (non-hydrogen) atoms. The van der Waals surface area contributed by atoms with Gasteiger partial charge in [-0.15, -0.1) is 6.42 Å². The summed E-state index contributed by atoms with van der Waals surface area (Å²) in [6.07, 6.45) is 6.41. The number of nitrogen functional groups attached to an aromatic ring is 1. The van der Waals surface area contributed by atoms with Crippen molar-refractivity contribution in [1.82, 2.24) is 4.98 Å². The number of hydrogen-bond donors (Lipinski definition) is 2. The molecule has 0 amide bonds. The van der Waals surface area contributed by atoms with E-state index >= 15 is 0 Å². The van der Waals surface area contributed by atoms with Crippen molar-refractivity contribution in [2.75, 3.05) is 5.73 Å². The lowest BCUT2D eigenvalue weighted by atomic mass is 10.0. The summed E-state index contributed by atoms with van der Waals surface area (Å²) in [6.45, 7) is 3.43. The number of carboxylic acid groups (broad SMARTS) is 1. The van der Waals surface area contributed by atoms with E-state index in [1.165, 1.54) is 6.08 Å². The third kappa shape index (κ3) is 2.47. The number of pyridine rings is 1. The van der Waals surface area contributed by atoms with Crippen LogP contribution in [0, 0.1) is 18.2 Å². The van der Waals surface area contributed by atoms with Crippen molar-refractivity contribution in [1.29, 1.82) is 0 Å². The molecule has 0 aliphatic carbocycles. The minimum absolute atomic E-state index is 0.0380. The second kappa shape index (κ2) is 5.47. The number of aromatic nitrogens is 1. The Morgan fingerprint density at radius 3 is 2.52 bits per heavy atom. The van der Waals surface area contributed by atoms with E-state index in [0.29, 0.717) is 11.1 Å². The number of nitrogens with zero attached hydrogens (tertiary/aromatic N) is 1. The van der Waals surface area contributed by atoms with Crippen molar-refractivity contribution in [3.05, 3.63) is 53.5 Å². The van der Waals surface area contributed by atoms with Crippen molar-refractivity contribution in [2.45, 2.75) is 0 Å². The van der Waals surface area contributed by atoms with E-state index in [0.717, 1.165) is 0 Å². The van der Waals surface area contributed by atoms with Gasteiger partial charge in [-0.2, -0.15) is 0 Å². The van der Waals surface area contributed by atoms with E-state index in [4.69, 9.17) is 17.3 Å². The topological polar surface area (TPSA) is 76.2 Å². The monoisotopic (exact) mass is 282 g/mol. The van der Waals surface area contributed by atoms with E-state index in [9.17, 15) is 9.18 Å². The predicted octanol–water partition coefficient (Wildman–Crippen LogP) is 2.79. The molecule has 0 bridgehead atoms. The van der Waals surface area contributed by atoms with Gasteiger partial charge in [-0.1, -0.05) is 30.7 Å². The minimum Gasteiger partial charge on any atom is -0.476 e. The summed E-state index contributed by atoms with van der Waals surface area (Å²) in [5, 5.41) is 9.15. The molecule has 0 fully saturated rings. The molecule has 0 aliphatic heterocycles. The molecule has 2 aromatic rings. The normalized spacial score (nSPS) is 9.90. The van der Waals surface area contributed by atoms with Crippen LogP contribution in [0.2, 0.25) is 0 Å². The van der Waals surface area contributed by atoms with Gasteiger partial charge in [0.15, 0.2) is 11.5 Å². The van der Waals surface area contributed by atoms with Gasteiger partial charge in [0.2, 0.25) is 0 Å². The van der Waals surface area contributed by atoms with Crippen molar-refractivity contribution >= 4 is 17.7 Å². The van der Waals surface area contributed by atoms with E-state index in [1.807, 2.05) is 0 Å². The molecule has 0 aliphatic rings. The number of aromatic carboxylic acids is 1. The van der Waals surface area contributed by atoms with Crippen LogP contribution >= 0.6 is 0 Å². The second-order valence-electron chi connectivity index (χ2n) is 4.18. The Hall–Kier alpha value is -3.13. The number of hydrogen-bond acceptors (Lipinski definition) is 3. The Morgan fingerprint density at radius 2 is 2.05 bits per heavy atom. The lowest BCUT2D eigenvalue weighted by Crippen LogP contribution is -2.10. The van der Waals surface area contributed by atoms with Crippen LogP contribution in [0.3, 0.4) is 0 Å². The third-order valence-electron chi connectivity index (χ3n) is 2.94. The first-order valence-corrected chi connectivity index (χ1v) is 5.91. The van der Waals surface area contributed by atoms with Gasteiger partial charge in [0.05, 0.1) is 5.69 Å². The summed E-state index contributed by atoms with van der Waals surface area (Å²) in [6, 6.07) is 6.32. The maximum atomic E-state index is 14.3. The van der Waals surface area contributed by atoms with Crippen LogP contribution in [0.5, 0.6) is 0 Å². The van der Waals surface area contributed by atoms with Gasteiger partial charge in [0, 0.05) is 16.7 Å². The Balaban J connectivity index is 2.71. The first kappa shape index (κ1) is 14.3. The molecule has 0 atom stereocenters. The van der Waals surface area contributed by atoms with E-state index in [-0.39, 0.29) is 22.6 Å². The Morgan fingerprint density at radius 1 is 1.43 bits per heavy atom. The average molecular weight is 282 g/mol. The maximum Gasteiger partial charge on any atom is 0.355 e. The predicted molar refractivity (Wildman–Crippen MR) is 79.0 cm³/mol. The lowest BCUT2D eigenvalue weighted by molar-refractivity contribution is 0.0690. The minimum atomic E-state index is -1.31. The molecule has 1 heterocycles. The summed E-state index contributed by atoms with van der Waals surface area (Å²) in [5.74, 6) is 0.337. The summed E-state index contributed by atoms with van der Waals surface area (Å²) >= 11 is 0. The van der Waals surface area contributed by atoms with Crippen molar-refractivity contribution in [3.63, 3.8) is 0 Å². The van der Waals surface area contributed by atoms with Crippen LogP contribution in [-0.2, 0) is 0 Å². The molecule has 0 radical (unpaired) electrons. The molecule has 0 spiro atoms. The molecular weight excluding hydrogens is 271 g/mol. The SMILES string of the molecule is C#Cc1ccc(-c2nc(C(=O)O)c(C=C)c(N)c2F)cc1. The molecule has 1 aromatic carbocycles. The number of benzene rings is 1. The number of terminal acetylenes is 1. The highest BCUT2D eigenvalue weighted by atomic mass is 19.1. The Labute approximate surface area is 120 Å². The van der Waals surface area contributed by atoms with E-state index in [1.54, 1.807) is 24.3 Å². The lowest BCUT2D eigenvalue weighted by Gasteiger charge is -2.11. The number of halogens is 1. The standard InChI is InChI=1S/C16H11FN2O2/c1-3-9-5-7-10(8-6-9)14-12(17)13(18)11(4-2)15(19-14)16(20)21/h1,4-8H,2H2,(H2,18,19)(H,20,21). The summed E-state index contributed by atoms with van der Waals surface area (Å²) in [5.41, 5.74) is 5.83. The summed E-state index contributed by atoms with van der Waals surface area (Å²) < 4.78 is 14.3. The van der Waals surface area contributed by atoms with E-state index in [2.05, 4.69) is 17.5 Å². The number of carboxylic acids is 1. The molecule has 4 nitrogen and oxygen atoms in total. The van der Waals surface area contributed by atoms with Gasteiger partial charge in [0.1, 0.15) is 5.69 Å². The van der Waals surface area contributed by atoms with Crippen LogP contribution in [0.1, 0.15) is 21.6 Å². The molecule has 0 saturated carbocycles. The van der Waals surface area contributed by atoms with Crippen molar-refractivity contribution in [3.8, 4) is 23.6 Å². The Bertz CT molecular complexity index is 774. The van der Waals surface area contributed by atoms with Gasteiger partial charge in [-0.3, -0.25) is 0 Å². The summed E-state index contributed by atoms with van der Waals surface area (Å²) in [7, 11) is 0. The maximum absolute atomic E-state index is 14.3. The number of rotatable bonds is 3. The first-order chi connectivity index (χ1) is 9.99. The fourth-order valence-electron chi connectivity index (χ4n) is 1.88. The molecule has 3 N–H and O–H groups in total. The highest BCUT2D eigenvalue weighted by molar-refractivity contribution is 5.94. The van der Waals surface area contributed by atoms with Gasteiger partial charge < -0.3 is 10.8 Å². The largest absolute Gasteiger partial charge is 0.476 e. The van der Waals surface area contributed by atoms with Crippen molar-refractivity contribution < 1.29 is 14.3 Å². The van der Waals surface area contributed by atoms with Crippen LogP contribution < -0.4 is 5.73 Å². The average Bonchev–Trinajstić information content (AvgIpc) is 2.49. The summed E-state index contributed by atoms with van der Waals surface area (Å²) in [4.78, 5) is 15.1. The Kier molecular flexibility index (Phi) is 3.72. The molecule has 1 aromatic heterocycles. The zero-order valence-electron chi connectivity index (χ0n) is 10.9.